The lowest BCUT2D eigenvalue weighted by Gasteiger charge is -2.18. The molecule has 1 N–H and O–H groups in total. The van der Waals surface area contributed by atoms with Crippen LogP contribution in [0.4, 0.5) is 0 Å². The molecule has 0 aliphatic heterocycles. The molecule has 2 aromatic rings. The molecular weight excluding hydrogens is 290 g/mol. The predicted octanol–water partition coefficient (Wildman–Crippen LogP) is 3.50. The average Bonchev–Trinajstić information content (AvgIpc) is 2.38. The van der Waals surface area contributed by atoms with Gasteiger partial charge < -0.3 is 9.67 Å². The Bertz CT molecular complexity index is 778. The van der Waals surface area contributed by atoms with Crippen molar-refractivity contribution in [2.75, 3.05) is 0 Å². The van der Waals surface area contributed by atoms with Crippen molar-refractivity contribution in [3.63, 3.8) is 0 Å². The van der Waals surface area contributed by atoms with Crippen molar-refractivity contribution in [1.29, 1.82) is 0 Å². The van der Waals surface area contributed by atoms with Crippen LogP contribution in [0.15, 0.2) is 29.1 Å². The smallest absolute Gasteiger partial charge is 0.341 e. The van der Waals surface area contributed by atoms with Crippen molar-refractivity contribution in [1.82, 2.24) is 4.57 Å². The highest BCUT2D eigenvalue weighted by Crippen LogP contribution is 2.25. The van der Waals surface area contributed by atoms with Crippen molar-refractivity contribution >= 4 is 17.6 Å². The first-order valence-electron chi connectivity index (χ1n) is 6.61. The number of benzene rings is 1. The van der Waals surface area contributed by atoms with Crippen molar-refractivity contribution in [2.45, 2.75) is 27.3 Å². The number of rotatable bonds is 3. The molecule has 0 unspecified atom stereocenters. The summed E-state index contributed by atoms with van der Waals surface area (Å²) in [5.41, 5.74) is 1.59. The van der Waals surface area contributed by atoms with Gasteiger partial charge in [0.05, 0.1) is 0 Å². The molecule has 0 fully saturated rings. The van der Waals surface area contributed by atoms with Crippen LogP contribution in [0.5, 0.6) is 0 Å². The SMILES string of the molecule is CCn1c(C)c(C(=O)O)c(=O)c(-c2cccc(Cl)c2)c1C. The van der Waals surface area contributed by atoms with Crippen LogP contribution in [0.25, 0.3) is 11.1 Å². The third kappa shape index (κ3) is 2.59. The molecular formula is C16H16ClNO3. The van der Waals surface area contributed by atoms with Crippen LogP contribution in [0.2, 0.25) is 5.02 Å². The molecule has 1 heterocycles. The van der Waals surface area contributed by atoms with Crippen LogP contribution < -0.4 is 5.43 Å². The predicted molar refractivity (Wildman–Crippen MR) is 83.3 cm³/mol. The third-order valence-corrected chi connectivity index (χ3v) is 3.87. The fraction of sp³-hybridized carbons (Fsp3) is 0.250. The number of nitrogens with zero attached hydrogens (tertiary/aromatic N) is 1. The van der Waals surface area contributed by atoms with E-state index in [4.69, 9.17) is 11.6 Å². The fourth-order valence-electron chi connectivity index (χ4n) is 2.69. The molecule has 0 spiro atoms. The third-order valence-electron chi connectivity index (χ3n) is 3.63. The maximum Gasteiger partial charge on any atom is 0.341 e. The molecule has 0 aliphatic carbocycles. The van der Waals surface area contributed by atoms with E-state index >= 15 is 0 Å². The van der Waals surface area contributed by atoms with Crippen LogP contribution >= 0.6 is 11.6 Å². The van der Waals surface area contributed by atoms with Crippen molar-refractivity contribution in [2.24, 2.45) is 0 Å². The minimum Gasteiger partial charge on any atom is -0.477 e. The summed E-state index contributed by atoms with van der Waals surface area (Å²) in [7, 11) is 0. The number of carboxylic acid groups (broad SMARTS) is 1. The van der Waals surface area contributed by atoms with E-state index in [0.717, 1.165) is 5.69 Å². The normalized spacial score (nSPS) is 10.7. The molecule has 0 aliphatic rings. The minimum atomic E-state index is -1.21. The van der Waals surface area contributed by atoms with Gasteiger partial charge in [0.15, 0.2) is 0 Å². The van der Waals surface area contributed by atoms with E-state index < -0.39 is 11.4 Å². The highest BCUT2D eigenvalue weighted by molar-refractivity contribution is 6.30. The summed E-state index contributed by atoms with van der Waals surface area (Å²) in [6.07, 6.45) is 0. The summed E-state index contributed by atoms with van der Waals surface area (Å²) in [5, 5.41) is 9.85. The lowest BCUT2D eigenvalue weighted by molar-refractivity contribution is 0.0693. The molecule has 5 heteroatoms. The van der Waals surface area contributed by atoms with E-state index in [1.54, 1.807) is 31.2 Å². The van der Waals surface area contributed by atoms with Gasteiger partial charge in [-0.3, -0.25) is 4.79 Å². The van der Waals surface area contributed by atoms with Crippen molar-refractivity contribution in [3.05, 3.63) is 56.5 Å². The van der Waals surface area contributed by atoms with Crippen LogP contribution in [0.3, 0.4) is 0 Å². The fourth-order valence-corrected chi connectivity index (χ4v) is 2.88. The van der Waals surface area contributed by atoms with Gasteiger partial charge in [0, 0.05) is 28.5 Å². The van der Waals surface area contributed by atoms with Gasteiger partial charge in [-0.1, -0.05) is 23.7 Å². The maximum atomic E-state index is 12.6. The Balaban J connectivity index is 2.92. The number of hydrogen-bond donors (Lipinski definition) is 1. The quantitative estimate of drug-likeness (QED) is 0.944. The molecule has 0 atom stereocenters. The molecule has 1 aromatic carbocycles. The van der Waals surface area contributed by atoms with Crippen LogP contribution in [0, 0.1) is 13.8 Å². The molecule has 0 radical (unpaired) electrons. The van der Waals surface area contributed by atoms with E-state index in [-0.39, 0.29) is 5.56 Å². The van der Waals surface area contributed by atoms with Gasteiger partial charge in [-0.15, -0.1) is 0 Å². The zero-order valence-electron chi connectivity index (χ0n) is 12.1. The van der Waals surface area contributed by atoms with Gasteiger partial charge in [-0.05, 0) is 38.5 Å². The second-order valence-corrected chi connectivity index (χ2v) is 5.25. The van der Waals surface area contributed by atoms with Gasteiger partial charge in [0.1, 0.15) is 5.56 Å². The van der Waals surface area contributed by atoms with E-state index in [9.17, 15) is 14.7 Å². The highest BCUT2D eigenvalue weighted by atomic mass is 35.5. The largest absolute Gasteiger partial charge is 0.477 e. The van der Waals surface area contributed by atoms with Gasteiger partial charge in [0.25, 0.3) is 0 Å². The highest BCUT2D eigenvalue weighted by Gasteiger charge is 2.22. The van der Waals surface area contributed by atoms with Gasteiger partial charge in [0.2, 0.25) is 5.43 Å². The number of halogens is 1. The Morgan fingerprint density at radius 1 is 1.29 bits per heavy atom. The Morgan fingerprint density at radius 3 is 2.48 bits per heavy atom. The van der Waals surface area contributed by atoms with E-state index in [1.807, 2.05) is 18.4 Å². The Kier molecular flexibility index (Phi) is 4.19. The number of aromatic carboxylic acids is 1. The lowest BCUT2D eigenvalue weighted by Crippen LogP contribution is -2.25. The van der Waals surface area contributed by atoms with Crippen LogP contribution in [-0.4, -0.2) is 15.6 Å². The van der Waals surface area contributed by atoms with E-state index in [2.05, 4.69) is 0 Å². The summed E-state index contributed by atoms with van der Waals surface area (Å²) in [5.74, 6) is -1.21. The number of hydrogen-bond acceptors (Lipinski definition) is 2. The van der Waals surface area contributed by atoms with Gasteiger partial charge in [-0.25, -0.2) is 4.79 Å². The number of aromatic nitrogens is 1. The molecule has 4 nitrogen and oxygen atoms in total. The summed E-state index contributed by atoms with van der Waals surface area (Å²) in [6, 6.07) is 6.89. The Hall–Kier alpha value is -2.07. The molecule has 0 saturated carbocycles. The molecule has 2 rings (SSSR count). The molecule has 21 heavy (non-hydrogen) atoms. The number of carbonyl (C=O) groups is 1. The monoisotopic (exact) mass is 305 g/mol. The zero-order valence-corrected chi connectivity index (χ0v) is 12.9. The maximum absolute atomic E-state index is 12.6. The lowest BCUT2D eigenvalue weighted by atomic mass is 9.99. The first-order chi connectivity index (χ1) is 9.88. The summed E-state index contributed by atoms with van der Waals surface area (Å²) < 4.78 is 1.83. The zero-order chi connectivity index (χ0) is 15.7. The van der Waals surface area contributed by atoms with Gasteiger partial charge >= 0.3 is 5.97 Å². The van der Waals surface area contributed by atoms with Gasteiger partial charge in [-0.2, -0.15) is 0 Å². The first-order valence-corrected chi connectivity index (χ1v) is 6.99. The summed E-state index contributed by atoms with van der Waals surface area (Å²) >= 11 is 5.98. The van der Waals surface area contributed by atoms with E-state index in [1.165, 1.54) is 0 Å². The van der Waals surface area contributed by atoms with E-state index in [0.29, 0.717) is 28.4 Å². The minimum absolute atomic E-state index is 0.183. The summed E-state index contributed by atoms with van der Waals surface area (Å²) in [6.45, 7) is 5.98. The Labute approximate surface area is 127 Å². The van der Waals surface area contributed by atoms with Crippen molar-refractivity contribution in [3.8, 4) is 11.1 Å². The average molecular weight is 306 g/mol. The number of pyridine rings is 1. The molecule has 0 saturated heterocycles. The molecule has 0 amide bonds. The second-order valence-electron chi connectivity index (χ2n) is 4.81. The standard InChI is InChI=1S/C16H16ClNO3/c1-4-18-9(2)13(11-6-5-7-12(17)8-11)15(19)14(10(18)3)16(20)21/h5-8H,4H2,1-3H3,(H,20,21). The van der Waals surface area contributed by atoms with Crippen LogP contribution in [-0.2, 0) is 6.54 Å². The topological polar surface area (TPSA) is 59.3 Å². The number of carboxylic acids is 1. The molecule has 110 valence electrons. The molecule has 0 bridgehead atoms. The first kappa shape index (κ1) is 15.3. The second kappa shape index (κ2) is 5.74. The molecule has 1 aromatic heterocycles. The van der Waals surface area contributed by atoms with Crippen molar-refractivity contribution < 1.29 is 9.90 Å². The summed E-state index contributed by atoms with van der Waals surface area (Å²) in [4.78, 5) is 24.0. The Morgan fingerprint density at radius 2 is 1.95 bits per heavy atom. The van der Waals surface area contributed by atoms with Crippen LogP contribution in [0.1, 0.15) is 28.7 Å².